The SMILES string of the molecule is COc1nc(C)nc(NCc2cccnc2N(C)C)c1C. The third-order valence-electron chi connectivity index (χ3n) is 3.14. The van der Waals surface area contributed by atoms with E-state index in [0.29, 0.717) is 18.2 Å². The zero-order chi connectivity index (χ0) is 15.4. The standard InChI is InChI=1S/C15H21N5O/c1-10-13(18-11(2)19-15(10)21-5)17-9-12-7-6-8-16-14(12)20(3)4/h6-8H,9H2,1-5H3,(H,17,18,19). The van der Waals surface area contributed by atoms with Gasteiger partial charge in [-0.05, 0) is 19.9 Å². The summed E-state index contributed by atoms with van der Waals surface area (Å²) in [4.78, 5) is 15.1. The summed E-state index contributed by atoms with van der Waals surface area (Å²) in [7, 11) is 5.58. The summed E-state index contributed by atoms with van der Waals surface area (Å²) in [6.45, 7) is 4.43. The highest BCUT2D eigenvalue weighted by atomic mass is 16.5. The maximum atomic E-state index is 5.27. The van der Waals surface area contributed by atoms with Crippen LogP contribution in [0.15, 0.2) is 18.3 Å². The van der Waals surface area contributed by atoms with Gasteiger partial charge >= 0.3 is 0 Å². The molecule has 2 heterocycles. The first-order valence-electron chi connectivity index (χ1n) is 6.77. The summed E-state index contributed by atoms with van der Waals surface area (Å²) in [5, 5.41) is 3.34. The summed E-state index contributed by atoms with van der Waals surface area (Å²) >= 11 is 0. The minimum atomic E-state index is 0.601. The Morgan fingerprint density at radius 2 is 2.00 bits per heavy atom. The highest BCUT2D eigenvalue weighted by Gasteiger charge is 2.11. The molecule has 0 saturated carbocycles. The quantitative estimate of drug-likeness (QED) is 0.909. The molecule has 0 radical (unpaired) electrons. The van der Waals surface area contributed by atoms with E-state index in [4.69, 9.17) is 4.74 Å². The predicted octanol–water partition coefficient (Wildman–Crippen LogP) is 2.18. The van der Waals surface area contributed by atoms with Gasteiger partial charge in [-0.15, -0.1) is 0 Å². The molecule has 6 nitrogen and oxygen atoms in total. The molecule has 0 atom stereocenters. The molecule has 0 unspecified atom stereocenters. The van der Waals surface area contributed by atoms with Crippen molar-refractivity contribution in [2.75, 3.05) is 31.4 Å². The molecule has 6 heteroatoms. The van der Waals surface area contributed by atoms with Gasteiger partial charge in [0.1, 0.15) is 17.5 Å². The summed E-state index contributed by atoms with van der Waals surface area (Å²) in [5.41, 5.74) is 2.01. The van der Waals surface area contributed by atoms with Crippen LogP contribution in [0.25, 0.3) is 0 Å². The molecule has 112 valence electrons. The van der Waals surface area contributed by atoms with Crippen molar-refractivity contribution in [1.29, 1.82) is 0 Å². The predicted molar refractivity (Wildman–Crippen MR) is 83.9 cm³/mol. The van der Waals surface area contributed by atoms with E-state index < -0.39 is 0 Å². The third-order valence-corrected chi connectivity index (χ3v) is 3.14. The highest BCUT2D eigenvalue weighted by Crippen LogP contribution is 2.23. The number of nitrogens with one attached hydrogen (secondary N) is 1. The van der Waals surface area contributed by atoms with E-state index in [1.165, 1.54) is 0 Å². The van der Waals surface area contributed by atoms with Crippen molar-refractivity contribution < 1.29 is 4.74 Å². The van der Waals surface area contributed by atoms with Crippen molar-refractivity contribution in [3.63, 3.8) is 0 Å². The Kier molecular flexibility index (Phi) is 4.57. The van der Waals surface area contributed by atoms with Crippen LogP contribution in [-0.4, -0.2) is 36.2 Å². The van der Waals surface area contributed by atoms with Crippen LogP contribution in [0.5, 0.6) is 5.88 Å². The zero-order valence-electron chi connectivity index (χ0n) is 13.1. The molecule has 0 aromatic carbocycles. The second kappa shape index (κ2) is 6.39. The lowest BCUT2D eigenvalue weighted by atomic mass is 10.2. The lowest BCUT2D eigenvalue weighted by Crippen LogP contribution is -2.15. The van der Waals surface area contributed by atoms with Gasteiger partial charge in [-0.3, -0.25) is 0 Å². The molecule has 2 aromatic heterocycles. The molecular weight excluding hydrogens is 266 g/mol. The molecule has 2 aromatic rings. The molecule has 21 heavy (non-hydrogen) atoms. The van der Waals surface area contributed by atoms with Crippen LogP contribution in [0.3, 0.4) is 0 Å². The lowest BCUT2D eigenvalue weighted by molar-refractivity contribution is 0.392. The molecule has 0 aliphatic heterocycles. The van der Waals surface area contributed by atoms with Crippen molar-refractivity contribution in [3.05, 3.63) is 35.3 Å². The van der Waals surface area contributed by atoms with Gasteiger partial charge in [0.05, 0.1) is 12.7 Å². The summed E-state index contributed by atoms with van der Waals surface area (Å²) in [5.74, 6) is 3.01. The number of pyridine rings is 1. The van der Waals surface area contributed by atoms with Gasteiger partial charge in [-0.25, -0.2) is 9.97 Å². The number of aryl methyl sites for hydroxylation is 1. The van der Waals surface area contributed by atoms with Gasteiger partial charge in [0, 0.05) is 32.4 Å². The molecule has 0 aliphatic rings. The average molecular weight is 287 g/mol. The number of hydrogen-bond acceptors (Lipinski definition) is 6. The maximum Gasteiger partial charge on any atom is 0.221 e. The number of aromatic nitrogens is 3. The van der Waals surface area contributed by atoms with Gasteiger partial charge in [0.15, 0.2) is 0 Å². The Morgan fingerprint density at radius 3 is 2.67 bits per heavy atom. The van der Waals surface area contributed by atoms with E-state index in [-0.39, 0.29) is 0 Å². The fraction of sp³-hybridized carbons (Fsp3) is 0.400. The van der Waals surface area contributed by atoms with E-state index in [1.54, 1.807) is 13.3 Å². The zero-order valence-corrected chi connectivity index (χ0v) is 13.1. The summed E-state index contributed by atoms with van der Waals surface area (Å²) < 4.78 is 5.27. The Bertz CT molecular complexity index is 627. The van der Waals surface area contributed by atoms with Crippen molar-refractivity contribution in [2.24, 2.45) is 0 Å². The Labute approximate surface area is 125 Å². The average Bonchev–Trinajstić information content (AvgIpc) is 2.47. The van der Waals surface area contributed by atoms with Crippen molar-refractivity contribution >= 4 is 11.6 Å². The fourth-order valence-corrected chi connectivity index (χ4v) is 2.12. The van der Waals surface area contributed by atoms with Crippen molar-refractivity contribution in [3.8, 4) is 5.88 Å². The van der Waals surface area contributed by atoms with Gasteiger partial charge in [-0.1, -0.05) is 6.07 Å². The second-order valence-corrected chi connectivity index (χ2v) is 4.99. The maximum absolute atomic E-state index is 5.27. The van der Waals surface area contributed by atoms with Gasteiger partial charge in [-0.2, -0.15) is 4.98 Å². The molecule has 0 fully saturated rings. The molecule has 0 aliphatic carbocycles. The van der Waals surface area contributed by atoms with Crippen LogP contribution in [0.2, 0.25) is 0 Å². The molecular formula is C15H21N5O. The van der Waals surface area contributed by atoms with Crippen LogP contribution in [0.1, 0.15) is 17.0 Å². The number of anilines is 2. The first-order chi connectivity index (χ1) is 10.0. The van der Waals surface area contributed by atoms with Crippen LogP contribution < -0.4 is 15.0 Å². The molecule has 0 amide bonds. The van der Waals surface area contributed by atoms with Crippen molar-refractivity contribution in [2.45, 2.75) is 20.4 Å². The normalized spacial score (nSPS) is 10.3. The third kappa shape index (κ3) is 3.39. The van der Waals surface area contributed by atoms with Gasteiger partial charge in [0.2, 0.25) is 5.88 Å². The van der Waals surface area contributed by atoms with Crippen LogP contribution in [0.4, 0.5) is 11.6 Å². The summed E-state index contributed by atoms with van der Waals surface area (Å²) in [6, 6.07) is 3.98. The Hall–Kier alpha value is -2.37. The number of methoxy groups -OCH3 is 1. The number of ether oxygens (including phenoxy) is 1. The summed E-state index contributed by atoms with van der Waals surface area (Å²) in [6.07, 6.45) is 1.79. The lowest BCUT2D eigenvalue weighted by Gasteiger charge is -2.17. The van der Waals surface area contributed by atoms with Crippen molar-refractivity contribution in [1.82, 2.24) is 15.0 Å². The highest BCUT2D eigenvalue weighted by molar-refractivity contribution is 5.51. The first kappa shape index (κ1) is 15.0. The van der Waals surface area contributed by atoms with Crippen LogP contribution in [0, 0.1) is 13.8 Å². The van der Waals surface area contributed by atoms with Crippen LogP contribution in [-0.2, 0) is 6.54 Å². The second-order valence-electron chi connectivity index (χ2n) is 4.99. The van der Waals surface area contributed by atoms with E-state index in [1.807, 2.05) is 38.9 Å². The topological polar surface area (TPSA) is 63.2 Å². The molecule has 0 spiro atoms. The largest absolute Gasteiger partial charge is 0.481 e. The molecule has 2 rings (SSSR count). The minimum Gasteiger partial charge on any atom is -0.481 e. The van der Waals surface area contributed by atoms with E-state index >= 15 is 0 Å². The van der Waals surface area contributed by atoms with Gasteiger partial charge < -0.3 is 15.0 Å². The van der Waals surface area contributed by atoms with E-state index in [2.05, 4.69) is 26.3 Å². The Morgan fingerprint density at radius 1 is 1.24 bits per heavy atom. The van der Waals surface area contributed by atoms with Crippen LogP contribution >= 0.6 is 0 Å². The van der Waals surface area contributed by atoms with E-state index in [9.17, 15) is 0 Å². The number of rotatable bonds is 5. The Balaban J connectivity index is 2.23. The van der Waals surface area contributed by atoms with Gasteiger partial charge in [0.25, 0.3) is 0 Å². The number of hydrogen-bond donors (Lipinski definition) is 1. The minimum absolute atomic E-state index is 0.601. The fourth-order valence-electron chi connectivity index (χ4n) is 2.12. The number of nitrogens with zero attached hydrogens (tertiary/aromatic N) is 4. The molecule has 1 N–H and O–H groups in total. The smallest absolute Gasteiger partial charge is 0.221 e. The van der Waals surface area contributed by atoms with E-state index in [0.717, 1.165) is 22.8 Å². The molecule has 0 bridgehead atoms. The first-order valence-corrected chi connectivity index (χ1v) is 6.77. The monoisotopic (exact) mass is 287 g/mol. The molecule has 0 saturated heterocycles.